The zero-order chi connectivity index (χ0) is 10.6. The number of hydrogen-bond donors (Lipinski definition) is 2. The number of hydrogen-bond acceptors (Lipinski definition) is 3. The zero-order valence-electron chi connectivity index (χ0n) is 9.02. The fourth-order valence-electron chi connectivity index (χ4n) is 1.17. The van der Waals surface area contributed by atoms with Gasteiger partial charge in [0.25, 0.3) is 0 Å². The molecule has 0 aliphatic carbocycles. The maximum atomic E-state index is 11.3. The average Bonchev–Trinajstić information content (AvgIpc) is 2.02. The van der Waals surface area contributed by atoms with Crippen LogP contribution >= 0.6 is 0 Å². The van der Waals surface area contributed by atoms with E-state index >= 15 is 0 Å². The molecule has 0 aromatic heterocycles. The molecule has 1 aliphatic heterocycles. The molecule has 0 aromatic rings. The smallest absolute Gasteiger partial charge is 0.411 e. The van der Waals surface area contributed by atoms with Crippen molar-refractivity contribution in [2.75, 3.05) is 13.1 Å². The summed E-state index contributed by atoms with van der Waals surface area (Å²) >= 11 is 0. The van der Waals surface area contributed by atoms with Gasteiger partial charge in [0.1, 0.15) is 5.60 Å². The molecular formula is C10H18N2O2. The fourth-order valence-corrected chi connectivity index (χ4v) is 1.17. The molecular weight excluding hydrogens is 180 g/mol. The number of carbonyl (C=O) groups excluding carboxylic acids is 1. The van der Waals surface area contributed by atoms with E-state index in [2.05, 4.69) is 10.6 Å². The van der Waals surface area contributed by atoms with Gasteiger partial charge in [-0.15, -0.1) is 0 Å². The number of ether oxygens (including phenoxy) is 1. The van der Waals surface area contributed by atoms with Crippen LogP contribution in [0.5, 0.6) is 0 Å². The number of alkyl carbamates (subject to hydrolysis) is 1. The lowest BCUT2D eigenvalue weighted by Crippen LogP contribution is -2.36. The van der Waals surface area contributed by atoms with Gasteiger partial charge in [-0.1, -0.05) is 6.08 Å². The molecule has 80 valence electrons. The molecule has 0 atom stereocenters. The van der Waals surface area contributed by atoms with Gasteiger partial charge in [0.05, 0.1) is 0 Å². The highest BCUT2D eigenvalue weighted by Gasteiger charge is 2.17. The van der Waals surface area contributed by atoms with Gasteiger partial charge in [-0.3, -0.25) is 5.32 Å². The first-order valence-electron chi connectivity index (χ1n) is 4.87. The summed E-state index contributed by atoms with van der Waals surface area (Å²) < 4.78 is 5.12. The SMILES string of the molecule is CC(C)(C)OC(=O)NC1=CCCNC1. The van der Waals surface area contributed by atoms with Crippen molar-refractivity contribution in [1.29, 1.82) is 0 Å². The van der Waals surface area contributed by atoms with Gasteiger partial charge in [0.2, 0.25) is 0 Å². The zero-order valence-corrected chi connectivity index (χ0v) is 9.02. The molecule has 0 radical (unpaired) electrons. The standard InChI is InChI=1S/C10H18N2O2/c1-10(2,3)14-9(13)12-8-5-4-6-11-7-8/h5,11H,4,6-7H2,1-3H3,(H,12,13). The van der Waals surface area contributed by atoms with Gasteiger partial charge in [0.15, 0.2) is 0 Å². The van der Waals surface area contributed by atoms with Gasteiger partial charge in [-0.25, -0.2) is 4.79 Å². The maximum Gasteiger partial charge on any atom is 0.411 e. The lowest BCUT2D eigenvalue weighted by atomic mass is 10.2. The highest BCUT2D eigenvalue weighted by atomic mass is 16.6. The first-order valence-corrected chi connectivity index (χ1v) is 4.87. The van der Waals surface area contributed by atoms with Crippen LogP contribution in [-0.4, -0.2) is 24.8 Å². The summed E-state index contributed by atoms with van der Waals surface area (Å²) in [6, 6.07) is 0. The Morgan fingerprint density at radius 1 is 1.57 bits per heavy atom. The van der Waals surface area contributed by atoms with Crippen LogP contribution in [0.15, 0.2) is 11.8 Å². The Kier molecular flexibility index (Phi) is 3.52. The second-order valence-corrected chi connectivity index (χ2v) is 4.32. The highest BCUT2D eigenvalue weighted by Crippen LogP contribution is 2.07. The molecule has 1 rings (SSSR count). The van der Waals surface area contributed by atoms with E-state index in [1.165, 1.54) is 0 Å². The number of rotatable bonds is 1. The van der Waals surface area contributed by atoms with E-state index in [0.29, 0.717) is 6.54 Å². The van der Waals surface area contributed by atoms with Crippen molar-refractivity contribution < 1.29 is 9.53 Å². The third-order valence-electron chi connectivity index (χ3n) is 1.69. The molecule has 1 amide bonds. The summed E-state index contributed by atoms with van der Waals surface area (Å²) in [5, 5.41) is 5.88. The summed E-state index contributed by atoms with van der Waals surface area (Å²) in [6.45, 7) is 7.22. The van der Waals surface area contributed by atoms with Crippen LogP contribution in [-0.2, 0) is 4.74 Å². The van der Waals surface area contributed by atoms with Crippen LogP contribution in [0.2, 0.25) is 0 Å². The molecule has 14 heavy (non-hydrogen) atoms. The Bertz CT molecular complexity index is 241. The second-order valence-electron chi connectivity index (χ2n) is 4.32. The normalized spacial score (nSPS) is 17.2. The van der Waals surface area contributed by atoms with Crippen molar-refractivity contribution >= 4 is 6.09 Å². The van der Waals surface area contributed by atoms with Crippen LogP contribution < -0.4 is 10.6 Å². The van der Waals surface area contributed by atoms with E-state index in [9.17, 15) is 4.79 Å². The van der Waals surface area contributed by atoms with Gasteiger partial charge >= 0.3 is 6.09 Å². The predicted molar refractivity (Wildman–Crippen MR) is 54.9 cm³/mol. The van der Waals surface area contributed by atoms with Gasteiger partial charge in [-0.2, -0.15) is 0 Å². The lowest BCUT2D eigenvalue weighted by Gasteiger charge is -2.21. The summed E-state index contributed by atoms with van der Waals surface area (Å²) in [6.07, 6.45) is 2.58. The third kappa shape index (κ3) is 4.28. The second kappa shape index (κ2) is 4.46. The minimum Gasteiger partial charge on any atom is -0.444 e. The molecule has 4 heteroatoms. The quantitative estimate of drug-likeness (QED) is 0.669. The molecule has 0 fully saturated rings. The summed E-state index contributed by atoms with van der Waals surface area (Å²) in [5.41, 5.74) is 0.456. The largest absolute Gasteiger partial charge is 0.444 e. The van der Waals surface area contributed by atoms with E-state index < -0.39 is 5.60 Å². The van der Waals surface area contributed by atoms with Gasteiger partial charge in [0, 0.05) is 12.2 Å². The number of nitrogens with one attached hydrogen (secondary N) is 2. The van der Waals surface area contributed by atoms with Crippen molar-refractivity contribution in [3.63, 3.8) is 0 Å². The van der Waals surface area contributed by atoms with Crippen molar-refractivity contribution in [2.45, 2.75) is 32.8 Å². The number of amides is 1. The molecule has 0 aromatic carbocycles. The van der Waals surface area contributed by atoms with Crippen LogP contribution in [0.1, 0.15) is 27.2 Å². The Hall–Kier alpha value is -1.03. The van der Waals surface area contributed by atoms with E-state index in [4.69, 9.17) is 4.74 Å². The molecule has 1 heterocycles. The summed E-state index contributed by atoms with van der Waals surface area (Å²) in [4.78, 5) is 11.3. The Balaban J connectivity index is 2.36. The molecule has 0 saturated heterocycles. The van der Waals surface area contributed by atoms with E-state index in [1.807, 2.05) is 26.8 Å². The van der Waals surface area contributed by atoms with Crippen molar-refractivity contribution in [2.24, 2.45) is 0 Å². The van der Waals surface area contributed by atoms with E-state index in [0.717, 1.165) is 18.7 Å². The van der Waals surface area contributed by atoms with Crippen LogP contribution in [0.3, 0.4) is 0 Å². The Morgan fingerprint density at radius 3 is 2.79 bits per heavy atom. The fraction of sp³-hybridized carbons (Fsp3) is 0.700. The highest BCUT2D eigenvalue weighted by molar-refractivity contribution is 5.70. The third-order valence-corrected chi connectivity index (χ3v) is 1.69. The molecule has 0 bridgehead atoms. The minimum atomic E-state index is -0.438. The Labute approximate surface area is 84.7 Å². The molecule has 1 aliphatic rings. The van der Waals surface area contributed by atoms with Crippen molar-refractivity contribution in [3.05, 3.63) is 11.8 Å². The molecule has 0 spiro atoms. The molecule has 2 N–H and O–H groups in total. The van der Waals surface area contributed by atoms with Crippen LogP contribution in [0.25, 0.3) is 0 Å². The van der Waals surface area contributed by atoms with Gasteiger partial charge < -0.3 is 10.1 Å². The lowest BCUT2D eigenvalue weighted by molar-refractivity contribution is 0.0544. The Morgan fingerprint density at radius 2 is 2.29 bits per heavy atom. The predicted octanol–water partition coefficient (Wildman–Crippen LogP) is 1.39. The van der Waals surface area contributed by atoms with E-state index in [1.54, 1.807) is 0 Å². The van der Waals surface area contributed by atoms with E-state index in [-0.39, 0.29) is 6.09 Å². The number of carbonyl (C=O) groups is 1. The molecule has 0 saturated carbocycles. The summed E-state index contributed by atoms with van der Waals surface area (Å²) in [5.74, 6) is 0. The minimum absolute atomic E-state index is 0.382. The van der Waals surface area contributed by atoms with Crippen molar-refractivity contribution in [1.82, 2.24) is 10.6 Å². The first-order chi connectivity index (χ1) is 6.47. The van der Waals surface area contributed by atoms with Crippen LogP contribution in [0, 0.1) is 0 Å². The summed E-state index contributed by atoms with van der Waals surface area (Å²) in [7, 11) is 0. The average molecular weight is 198 g/mol. The maximum absolute atomic E-state index is 11.3. The van der Waals surface area contributed by atoms with Crippen LogP contribution in [0.4, 0.5) is 4.79 Å². The monoisotopic (exact) mass is 198 g/mol. The topological polar surface area (TPSA) is 50.4 Å². The first kappa shape index (κ1) is 11.0. The molecule has 0 unspecified atom stereocenters. The van der Waals surface area contributed by atoms with Crippen molar-refractivity contribution in [3.8, 4) is 0 Å². The van der Waals surface area contributed by atoms with Gasteiger partial charge in [-0.05, 0) is 33.7 Å². The molecule has 4 nitrogen and oxygen atoms in total.